The third-order valence-corrected chi connectivity index (χ3v) is 8.27. The Morgan fingerprint density at radius 1 is 0.674 bits per heavy atom. The van der Waals surface area contributed by atoms with E-state index in [4.69, 9.17) is 0 Å². The van der Waals surface area contributed by atoms with Gasteiger partial charge < -0.3 is 4.98 Å². The van der Waals surface area contributed by atoms with E-state index in [0.29, 0.717) is 0 Å². The monoisotopic (exact) mass is 559 g/mol. The van der Waals surface area contributed by atoms with Crippen LogP contribution in [-0.4, -0.2) is 4.98 Å². The van der Waals surface area contributed by atoms with Gasteiger partial charge in [0.05, 0.1) is 0 Å². The van der Waals surface area contributed by atoms with Gasteiger partial charge in [0.25, 0.3) is 0 Å². The Balaban J connectivity index is 0.00000180. The first-order valence-corrected chi connectivity index (χ1v) is 15.3. The summed E-state index contributed by atoms with van der Waals surface area (Å²) in [5, 5.41) is 12.8. The minimum atomic E-state index is 1.15. The molecule has 1 aromatic heterocycles. The highest BCUT2D eigenvalue weighted by molar-refractivity contribution is 6.39. The van der Waals surface area contributed by atoms with Crippen LogP contribution in [0.5, 0.6) is 0 Å². The number of hydrogen-bond acceptors (Lipinski definition) is 0. The second-order valence-corrected chi connectivity index (χ2v) is 10.3. The first kappa shape index (κ1) is 29.6. The van der Waals surface area contributed by atoms with E-state index in [0.717, 1.165) is 5.56 Å². The van der Waals surface area contributed by atoms with Crippen molar-refractivity contribution in [1.29, 1.82) is 0 Å². The lowest BCUT2D eigenvalue weighted by Gasteiger charge is -2.16. The first-order valence-electron chi connectivity index (χ1n) is 15.3. The molecule has 214 valence electrons. The van der Waals surface area contributed by atoms with Gasteiger partial charge in [-0.2, -0.15) is 0 Å². The van der Waals surface area contributed by atoms with Gasteiger partial charge in [0.15, 0.2) is 0 Å². The summed E-state index contributed by atoms with van der Waals surface area (Å²) >= 11 is 0. The number of rotatable bonds is 7. The van der Waals surface area contributed by atoms with E-state index in [2.05, 4.69) is 137 Å². The number of nitrogens with one attached hydrogen (secondary N) is 1. The SMILES string of the molecule is C=C/C=C\C(=C/C)c1c2c(c(C(/C=C\C)=C/C=C\C)c3c4cccc5[nH]cc(c13)c54)/c(=C/C)c1c(C=C)cccc12.CC. The number of fused-ring (bicyclic) bond motifs is 6. The summed E-state index contributed by atoms with van der Waals surface area (Å²) in [4.78, 5) is 3.56. The van der Waals surface area contributed by atoms with Crippen molar-refractivity contribution in [1.82, 2.24) is 4.98 Å². The van der Waals surface area contributed by atoms with Gasteiger partial charge in [-0.25, -0.2) is 0 Å². The van der Waals surface area contributed by atoms with E-state index < -0.39 is 0 Å². The summed E-state index contributed by atoms with van der Waals surface area (Å²) < 4.78 is 0. The molecule has 0 bridgehead atoms. The van der Waals surface area contributed by atoms with Gasteiger partial charge in [-0.15, -0.1) is 0 Å². The fraction of sp³-hybridized carbons (Fsp3) is 0.143. The molecule has 1 heteroatoms. The molecular formula is C42H41N. The Labute approximate surface area is 255 Å². The fourth-order valence-corrected chi connectivity index (χ4v) is 6.76. The van der Waals surface area contributed by atoms with Gasteiger partial charge in [-0.3, -0.25) is 0 Å². The van der Waals surface area contributed by atoms with E-state index in [1.54, 1.807) is 0 Å². The molecule has 0 unspecified atom stereocenters. The van der Waals surface area contributed by atoms with Crippen molar-refractivity contribution in [2.45, 2.75) is 41.5 Å². The number of H-pyrrole nitrogens is 1. The quantitative estimate of drug-likeness (QED) is 0.187. The van der Waals surface area contributed by atoms with Crippen molar-refractivity contribution in [3.63, 3.8) is 0 Å². The Hall–Kier alpha value is -4.88. The predicted molar refractivity (Wildman–Crippen MR) is 197 cm³/mol. The van der Waals surface area contributed by atoms with E-state index in [-0.39, 0.29) is 0 Å². The largest absolute Gasteiger partial charge is 0.361 e. The standard InChI is InChI=1S/C40H35N.C2H6/c1-7-13-18-26(11-5)34-38-29-21-15-20-25(10-4)33(29)28(12-6)37(38)35(27(17-9-3)19-14-8-2)39-30-22-16-23-32-36(30)31(24-41-32)40(34)39;1-2/h7-24,41H,1,4H2,2-3,5-6H3;1-2H3/b14-8-,17-9-,18-13-,26-11+,27-19+,28-12+;. The second kappa shape index (κ2) is 12.5. The van der Waals surface area contributed by atoms with E-state index >= 15 is 0 Å². The van der Waals surface area contributed by atoms with Crippen LogP contribution in [0.4, 0.5) is 0 Å². The second-order valence-electron chi connectivity index (χ2n) is 10.3. The molecule has 0 aliphatic heterocycles. The van der Waals surface area contributed by atoms with Crippen LogP contribution in [0.25, 0.3) is 77.3 Å². The van der Waals surface area contributed by atoms with Crippen LogP contribution in [0.3, 0.4) is 0 Å². The molecule has 0 saturated carbocycles. The van der Waals surface area contributed by atoms with Gasteiger partial charge in [0.2, 0.25) is 0 Å². The molecule has 6 rings (SSSR count). The highest BCUT2D eigenvalue weighted by atomic mass is 14.7. The van der Waals surface area contributed by atoms with Crippen molar-refractivity contribution in [3.05, 3.63) is 132 Å². The Morgan fingerprint density at radius 2 is 1.35 bits per heavy atom. The topological polar surface area (TPSA) is 15.8 Å². The molecule has 0 aliphatic rings. The van der Waals surface area contributed by atoms with Crippen molar-refractivity contribution in [2.24, 2.45) is 0 Å². The minimum Gasteiger partial charge on any atom is -0.361 e. The van der Waals surface area contributed by atoms with Crippen LogP contribution in [-0.2, 0) is 0 Å². The van der Waals surface area contributed by atoms with Crippen molar-refractivity contribution < 1.29 is 0 Å². The Kier molecular flexibility index (Phi) is 8.64. The molecule has 0 aliphatic carbocycles. The Bertz CT molecular complexity index is 2200. The Morgan fingerprint density at radius 3 is 2.00 bits per heavy atom. The van der Waals surface area contributed by atoms with Crippen LogP contribution in [0.15, 0.2) is 110 Å². The summed E-state index contributed by atoms with van der Waals surface area (Å²) in [6.45, 7) is 20.6. The molecule has 5 aromatic carbocycles. The van der Waals surface area contributed by atoms with Crippen LogP contribution in [0.2, 0.25) is 0 Å². The van der Waals surface area contributed by atoms with Gasteiger partial charge in [0, 0.05) is 27.9 Å². The summed E-state index contributed by atoms with van der Waals surface area (Å²) in [5.74, 6) is 0. The third-order valence-electron chi connectivity index (χ3n) is 8.27. The maximum atomic E-state index is 4.20. The van der Waals surface area contributed by atoms with Crippen molar-refractivity contribution >= 4 is 77.3 Å². The van der Waals surface area contributed by atoms with Crippen LogP contribution in [0, 0.1) is 0 Å². The van der Waals surface area contributed by atoms with Crippen LogP contribution in [0.1, 0.15) is 58.2 Å². The molecule has 6 aromatic rings. The van der Waals surface area contributed by atoms with Crippen molar-refractivity contribution in [3.8, 4) is 0 Å². The summed E-state index contributed by atoms with van der Waals surface area (Å²) in [6, 6.07) is 13.3. The third kappa shape index (κ3) is 4.48. The predicted octanol–water partition coefficient (Wildman–Crippen LogP) is 12.1. The molecular weight excluding hydrogens is 518 g/mol. The minimum absolute atomic E-state index is 1.15. The average Bonchev–Trinajstić information content (AvgIpc) is 3.73. The van der Waals surface area contributed by atoms with Gasteiger partial charge >= 0.3 is 0 Å². The van der Waals surface area contributed by atoms with E-state index in [9.17, 15) is 0 Å². The molecule has 43 heavy (non-hydrogen) atoms. The number of hydrogen-bond donors (Lipinski definition) is 1. The highest BCUT2D eigenvalue weighted by Gasteiger charge is 2.27. The first-order chi connectivity index (χ1) is 21.1. The average molecular weight is 560 g/mol. The molecule has 0 fully saturated rings. The van der Waals surface area contributed by atoms with Crippen LogP contribution >= 0.6 is 0 Å². The van der Waals surface area contributed by atoms with Gasteiger partial charge in [-0.05, 0) is 99.1 Å². The lowest BCUT2D eigenvalue weighted by atomic mass is 9.86. The maximum absolute atomic E-state index is 4.20. The van der Waals surface area contributed by atoms with E-state index in [1.165, 1.54) is 81.5 Å². The summed E-state index contributed by atoms with van der Waals surface area (Å²) in [6.07, 6.45) is 25.7. The summed E-state index contributed by atoms with van der Waals surface area (Å²) in [5.41, 5.74) is 7.25. The zero-order chi connectivity index (χ0) is 30.7. The molecule has 0 atom stereocenters. The molecule has 1 nitrogen and oxygen atoms in total. The number of aromatic amines is 1. The molecule has 0 amide bonds. The highest BCUT2D eigenvalue weighted by Crippen LogP contribution is 2.50. The van der Waals surface area contributed by atoms with Gasteiger partial charge in [-0.1, -0.05) is 124 Å². The maximum Gasteiger partial charge on any atom is 0.0466 e. The van der Waals surface area contributed by atoms with E-state index in [1.807, 2.05) is 32.1 Å². The smallest absolute Gasteiger partial charge is 0.0466 e. The zero-order valence-electron chi connectivity index (χ0n) is 26.3. The number of allylic oxidation sites excluding steroid dienone is 11. The number of benzene rings is 3. The lowest BCUT2D eigenvalue weighted by Crippen LogP contribution is -2.03. The molecule has 1 heterocycles. The molecule has 1 N–H and O–H groups in total. The number of aromatic nitrogens is 1. The molecule has 0 radical (unpaired) electrons. The fourth-order valence-electron chi connectivity index (χ4n) is 6.76. The zero-order valence-corrected chi connectivity index (χ0v) is 26.3. The van der Waals surface area contributed by atoms with Crippen molar-refractivity contribution in [2.75, 3.05) is 0 Å². The summed E-state index contributed by atoms with van der Waals surface area (Å²) in [7, 11) is 0. The lowest BCUT2D eigenvalue weighted by molar-refractivity contribution is 1.49. The molecule has 0 saturated heterocycles. The van der Waals surface area contributed by atoms with Gasteiger partial charge in [0.1, 0.15) is 0 Å². The van der Waals surface area contributed by atoms with Crippen LogP contribution < -0.4 is 5.22 Å². The molecule has 0 spiro atoms. The normalized spacial score (nSPS) is 13.7.